The topological polar surface area (TPSA) is 93.0 Å². The first-order valence-electron chi connectivity index (χ1n) is 11.8. The predicted octanol–water partition coefficient (Wildman–Crippen LogP) is 6.11. The first-order valence-corrected chi connectivity index (χ1v) is 14.4. The maximum Gasteiger partial charge on any atom is 0.260 e. The number of benzene rings is 3. The van der Waals surface area contributed by atoms with Crippen LogP contribution in [0.5, 0.6) is 11.5 Å². The molecule has 1 N–H and O–H groups in total. The fourth-order valence-electron chi connectivity index (χ4n) is 3.99. The van der Waals surface area contributed by atoms with Gasteiger partial charge < -0.3 is 9.30 Å². The number of para-hydroxylation sites is 1. The average molecular weight is 586 g/mol. The van der Waals surface area contributed by atoms with Gasteiger partial charge >= 0.3 is 0 Å². The van der Waals surface area contributed by atoms with E-state index in [1.54, 1.807) is 42.5 Å². The summed E-state index contributed by atoms with van der Waals surface area (Å²) in [5.74, 6) is 0.580. The van der Waals surface area contributed by atoms with Gasteiger partial charge in [0.05, 0.1) is 28.9 Å². The Morgan fingerprint density at radius 2 is 1.67 bits per heavy atom. The Morgan fingerprint density at radius 1 is 1.00 bits per heavy atom. The third-order valence-electron chi connectivity index (χ3n) is 5.80. The van der Waals surface area contributed by atoms with Crippen molar-refractivity contribution in [3.8, 4) is 17.2 Å². The molecule has 4 aromatic rings. The largest absolute Gasteiger partial charge is 0.457 e. The Morgan fingerprint density at radius 3 is 2.33 bits per heavy atom. The number of hydrazone groups is 1. The number of aryl methyl sites for hydroxylation is 1. The number of nitrogens with zero attached hydrogens (tertiary/aromatic N) is 3. The van der Waals surface area contributed by atoms with Crippen LogP contribution in [0.1, 0.15) is 17.0 Å². The van der Waals surface area contributed by atoms with Crippen molar-refractivity contribution in [3.63, 3.8) is 0 Å². The van der Waals surface area contributed by atoms with Crippen molar-refractivity contribution in [2.75, 3.05) is 17.1 Å². The van der Waals surface area contributed by atoms with E-state index in [1.807, 2.05) is 54.8 Å². The van der Waals surface area contributed by atoms with E-state index in [4.69, 9.17) is 27.9 Å². The van der Waals surface area contributed by atoms with Gasteiger partial charge in [0.25, 0.3) is 5.91 Å². The molecule has 3 aromatic carbocycles. The van der Waals surface area contributed by atoms with Gasteiger partial charge in [-0.3, -0.25) is 9.10 Å². The first kappa shape index (κ1) is 28.2. The summed E-state index contributed by atoms with van der Waals surface area (Å²) >= 11 is 12.5. The molecule has 39 heavy (non-hydrogen) atoms. The molecule has 202 valence electrons. The number of aromatic nitrogens is 1. The molecular weight excluding hydrogens is 559 g/mol. The molecule has 0 unspecified atom stereocenters. The van der Waals surface area contributed by atoms with Gasteiger partial charge in [-0.15, -0.1) is 0 Å². The fraction of sp³-hybridized carbons (Fsp3) is 0.143. The van der Waals surface area contributed by atoms with Gasteiger partial charge in [0.15, 0.2) is 0 Å². The maximum atomic E-state index is 12.6. The predicted molar refractivity (Wildman–Crippen MR) is 156 cm³/mol. The van der Waals surface area contributed by atoms with E-state index >= 15 is 0 Å². The van der Waals surface area contributed by atoms with Crippen molar-refractivity contribution in [1.29, 1.82) is 0 Å². The SMILES string of the molecule is Cc1cc(/C=N\NC(=O)CN(c2ccc(Oc3ccccc3)cc2)S(C)(=O)=O)c(C)n1-c1cc(Cl)ccc1Cl. The van der Waals surface area contributed by atoms with E-state index < -0.39 is 22.5 Å². The third kappa shape index (κ3) is 7.00. The van der Waals surface area contributed by atoms with Gasteiger partial charge in [-0.2, -0.15) is 5.10 Å². The number of rotatable bonds is 9. The highest BCUT2D eigenvalue weighted by Crippen LogP contribution is 2.29. The zero-order valence-corrected chi connectivity index (χ0v) is 23.8. The minimum absolute atomic E-state index is 0.319. The Balaban J connectivity index is 1.45. The zero-order chi connectivity index (χ0) is 28.2. The molecule has 4 rings (SSSR count). The normalized spacial score (nSPS) is 11.5. The Hall–Kier alpha value is -3.79. The maximum absolute atomic E-state index is 12.6. The number of hydrogen-bond donors (Lipinski definition) is 1. The molecule has 8 nitrogen and oxygen atoms in total. The van der Waals surface area contributed by atoms with Gasteiger partial charge in [-0.25, -0.2) is 13.8 Å². The number of ether oxygens (including phenoxy) is 1. The third-order valence-corrected chi connectivity index (χ3v) is 7.50. The lowest BCUT2D eigenvalue weighted by Crippen LogP contribution is -2.39. The van der Waals surface area contributed by atoms with Crippen LogP contribution in [0.2, 0.25) is 10.0 Å². The van der Waals surface area contributed by atoms with Crippen LogP contribution >= 0.6 is 23.2 Å². The van der Waals surface area contributed by atoms with Crippen molar-refractivity contribution >= 4 is 51.0 Å². The van der Waals surface area contributed by atoms with Crippen LogP contribution in [-0.4, -0.2) is 37.9 Å². The van der Waals surface area contributed by atoms with E-state index in [1.165, 1.54) is 6.21 Å². The van der Waals surface area contributed by atoms with Crippen molar-refractivity contribution in [2.24, 2.45) is 5.10 Å². The van der Waals surface area contributed by atoms with Gasteiger partial charge in [0.1, 0.15) is 18.0 Å². The lowest BCUT2D eigenvalue weighted by molar-refractivity contribution is -0.119. The Kier molecular flexibility index (Phi) is 8.64. The highest BCUT2D eigenvalue weighted by atomic mass is 35.5. The van der Waals surface area contributed by atoms with Crippen LogP contribution in [0.25, 0.3) is 5.69 Å². The lowest BCUT2D eigenvalue weighted by Gasteiger charge is -2.21. The second-order valence-corrected chi connectivity index (χ2v) is 11.5. The molecular formula is C28H26Cl2N4O4S. The summed E-state index contributed by atoms with van der Waals surface area (Å²) < 4.78 is 33.6. The monoisotopic (exact) mass is 584 g/mol. The summed E-state index contributed by atoms with van der Waals surface area (Å²) in [5.41, 5.74) is 5.94. The molecule has 0 fully saturated rings. The zero-order valence-electron chi connectivity index (χ0n) is 21.4. The standard InChI is InChI=1S/C28H26Cl2N4O4S/c1-19-15-21(20(2)34(19)27-16-22(29)9-14-26(27)30)17-31-32-28(35)18-33(39(3,36)37)23-10-12-25(13-11-23)38-24-7-5-4-6-8-24/h4-17H,18H2,1-3H3,(H,32,35)/b31-17-. The smallest absolute Gasteiger partial charge is 0.260 e. The van der Waals surface area contributed by atoms with Crippen LogP contribution in [0.3, 0.4) is 0 Å². The number of sulfonamides is 1. The highest BCUT2D eigenvalue weighted by molar-refractivity contribution is 7.92. The quantitative estimate of drug-likeness (QED) is 0.190. The minimum atomic E-state index is -3.76. The number of carbonyl (C=O) groups is 1. The molecule has 0 saturated heterocycles. The second kappa shape index (κ2) is 11.9. The molecule has 0 aliphatic rings. The van der Waals surface area contributed by atoms with Crippen molar-refractivity contribution in [3.05, 3.63) is 106 Å². The molecule has 1 aromatic heterocycles. The number of carbonyl (C=O) groups excluding carboxylic acids is 1. The molecule has 0 aliphatic heterocycles. The van der Waals surface area contributed by atoms with Crippen LogP contribution < -0.4 is 14.5 Å². The highest BCUT2D eigenvalue weighted by Gasteiger charge is 2.21. The molecule has 1 heterocycles. The van der Waals surface area contributed by atoms with E-state index in [-0.39, 0.29) is 0 Å². The van der Waals surface area contributed by atoms with E-state index in [0.717, 1.165) is 33.2 Å². The Labute approximate surface area is 237 Å². The second-order valence-electron chi connectivity index (χ2n) is 8.73. The molecule has 0 aliphatic carbocycles. The molecule has 0 spiro atoms. The number of amides is 1. The van der Waals surface area contributed by atoms with Gasteiger partial charge in [0.2, 0.25) is 10.0 Å². The Bertz CT molecular complexity index is 1620. The summed E-state index contributed by atoms with van der Waals surface area (Å²) in [6, 6.07) is 22.7. The first-order chi connectivity index (χ1) is 18.5. The average Bonchev–Trinajstić information content (AvgIpc) is 3.17. The summed E-state index contributed by atoms with van der Waals surface area (Å²) in [6.07, 6.45) is 2.53. The van der Waals surface area contributed by atoms with E-state index in [2.05, 4.69) is 10.5 Å². The van der Waals surface area contributed by atoms with Gasteiger partial charge in [-0.05, 0) is 74.5 Å². The molecule has 0 bridgehead atoms. The van der Waals surface area contributed by atoms with Crippen LogP contribution in [0.4, 0.5) is 5.69 Å². The molecule has 0 atom stereocenters. The van der Waals surface area contributed by atoms with Crippen molar-refractivity contribution in [1.82, 2.24) is 9.99 Å². The number of hydrogen-bond acceptors (Lipinski definition) is 5. The van der Waals surface area contributed by atoms with Gasteiger partial charge in [0, 0.05) is 22.0 Å². The van der Waals surface area contributed by atoms with E-state index in [0.29, 0.717) is 27.2 Å². The molecule has 0 radical (unpaired) electrons. The summed E-state index contributed by atoms with van der Waals surface area (Å²) in [5, 5.41) is 5.14. The minimum Gasteiger partial charge on any atom is -0.457 e. The lowest BCUT2D eigenvalue weighted by atomic mass is 10.2. The molecule has 1 amide bonds. The van der Waals surface area contributed by atoms with Crippen molar-refractivity contribution < 1.29 is 17.9 Å². The van der Waals surface area contributed by atoms with Crippen LogP contribution in [-0.2, 0) is 14.8 Å². The number of anilines is 1. The van der Waals surface area contributed by atoms with Crippen LogP contribution in [0.15, 0.2) is 84.0 Å². The summed E-state index contributed by atoms with van der Waals surface area (Å²) in [6.45, 7) is 3.36. The summed E-state index contributed by atoms with van der Waals surface area (Å²) in [7, 11) is -3.76. The van der Waals surface area contributed by atoms with Gasteiger partial charge in [-0.1, -0.05) is 41.4 Å². The van der Waals surface area contributed by atoms with E-state index in [9.17, 15) is 13.2 Å². The molecule has 11 heteroatoms. The molecule has 0 saturated carbocycles. The fourth-order valence-corrected chi connectivity index (χ4v) is 5.22. The van der Waals surface area contributed by atoms with Crippen molar-refractivity contribution in [2.45, 2.75) is 13.8 Å². The summed E-state index contributed by atoms with van der Waals surface area (Å²) in [4.78, 5) is 12.6. The number of nitrogens with one attached hydrogen (secondary N) is 1. The van der Waals surface area contributed by atoms with Crippen LogP contribution in [0, 0.1) is 13.8 Å². The number of halogens is 2.